The summed E-state index contributed by atoms with van der Waals surface area (Å²) in [6.07, 6.45) is 6.16. The van der Waals surface area contributed by atoms with Gasteiger partial charge in [0.15, 0.2) is 0 Å². The SMILES string of the molecule is CO.COS(=O)(=O)C(F)(F)F.O.[2H]C([2H])([2H])C([2H])(c1ccnc(-c2[c-]ccc3c2oc2c(-c4ccccc4)c(C#N)ccc23)c1)C([2H])([2H])[2H].[2H]C([2H])([2H])C([2H])(c1ccnc(-c2cccc3c2oc2c(-c4ccccc4)c(C#N)ccc23)c1)C([2H])([2H])[2H].[Ir].[Ir].[c-]1ccccc1-c1ccccn1.[c-]1ccccc1-c1ccccn1. The normalized spacial score (nSPS) is 13.4. The molecule has 0 amide bonds. The van der Waals surface area contributed by atoms with Gasteiger partial charge in [-0.15, -0.1) is 90.0 Å². The van der Waals surface area contributed by atoms with E-state index < -0.39 is 54.8 Å². The largest absolute Gasteiger partial charge is 0.523 e. The Morgan fingerprint density at radius 3 is 1.37 bits per heavy atom. The van der Waals surface area contributed by atoms with E-state index in [2.05, 4.69) is 54.5 Å². The summed E-state index contributed by atoms with van der Waals surface area (Å²) < 4.78 is 179. The van der Waals surface area contributed by atoms with E-state index in [1.807, 2.05) is 164 Å². The maximum absolute atomic E-state index is 11.1. The minimum absolute atomic E-state index is 0. The first-order valence-electron chi connectivity index (χ1n) is 35.5. The van der Waals surface area contributed by atoms with Gasteiger partial charge in [0, 0.05) is 124 Å². The Labute approximate surface area is 613 Å². The molecule has 0 aliphatic rings. The average molecular weight is 1700 g/mol. The predicted molar refractivity (Wildman–Crippen MR) is 372 cm³/mol. The molecule has 500 valence electrons. The number of nitrogens with zero attached hydrogens (tertiary/aromatic N) is 6. The van der Waals surface area contributed by atoms with Crippen LogP contribution in [-0.2, 0) is 54.5 Å². The third-order valence-electron chi connectivity index (χ3n) is 14.1. The topological polar surface area (TPSA) is 221 Å². The van der Waals surface area contributed by atoms with Gasteiger partial charge < -0.3 is 34.4 Å². The molecule has 0 fully saturated rings. The molecule has 0 spiro atoms. The molecule has 3 N–H and O–H groups in total. The number of hydrogen-bond donors (Lipinski definition) is 1. The summed E-state index contributed by atoms with van der Waals surface area (Å²) >= 11 is 0. The Bertz CT molecular complexity index is 5240. The first kappa shape index (κ1) is 58.0. The van der Waals surface area contributed by atoms with Gasteiger partial charge in [0.05, 0.1) is 41.7 Å². The second-order valence-electron chi connectivity index (χ2n) is 19.8. The Morgan fingerprint density at radius 1 is 0.500 bits per heavy atom. The van der Waals surface area contributed by atoms with Crippen LogP contribution in [0.25, 0.3) is 111 Å². The molecule has 6 heterocycles. The van der Waals surface area contributed by atoms with Crippen molar-refractivity contribution in [2.75, 3.05) is 14.2 Å². The number of aliphatic hydroxyl groups excluding tert-OH is 1. The van der Waals surface area contributed by atoms with Crippen LogP contribution in [0.4, 0.5) is 13.2 Å². The van der Waals surface area contributed by atoms with E-state index in [0.717, 1.165) is 62.3 Å². The van der Waals surface area contributed by atoms with Crippen molar-refractivity contribution in [1.29, 1.82) is 10.5 Å². The van der Waals surface area contributed by atoms with Crippen molar-refractivity contribution in [3.8, 4) is 79.4 Å². The molecule has 6 aromatic heterocycles. The second kappa shape index (κ2) is 36.3. The summed E-state index contributed by atoms with van der Waals surface area (Å²) in [5, 5.41) is 29.6. The van der Waals surface area contributed by atoms with E-state index in [9.17, 15) is 32.1 Å². The summed E-state index contributed by atoms with van der Waals surface area (Å²) in [5.74, 6) is -5.71. The monoisotopic (exact) mass is 1700 g/mol. The Hall–Kier alpha value is -10.1. The van der Waals surface area contributed by atoms with Crippen LogP contribution in [0.15, 0.2) is 258 Å². The van der Waals surface area contributed by atoms with Crippen LogP contribution in [0, 0.1) is 40.9 Å². The maximum atomic E-state index is 11.1. The number of pyridine rings is 4. The molecule has 8 aromatic carbocycles. The molecule has 2 radical (unpaired) electrons. The molecular weight excluding hydrogens is 1620 g/mol. The Morgan fingerprint density at radius 2 is 0.939 bits per heavy atom. The fourth-order valence-electron chi connectivity index (χ4n) is 9.73. The van der Waals surface area contributed by atoms with Crippen LogP contribution < -0.4 is 0 Å². The molecule has 98 heavy (non-hydrogen) atoms. The third kappa shape index (κ3) is 18.3. The number of furan rings is 2. The first-order chi connectivity index (χ1) is 51.7. The van der Waals surface area contributed by atoms with Gasteiger partial charge in [-0.25, -0.2) is 0 Å². The number of alkyl halides is 3. The molecule has 14 aromatic rings. The average Bonchev–Trinajstić information content (AvgIpc) is 1.58. The van der Waals surface area contributed by atoms with E-state index in [4.69, 9.17) is 33.1 Å². The molecule has 19 heteroatoms. The fourth-order valence-corrected chi connectivity index (χ4v) is 9.92. The third-order valence-corrected chi connectivity index (χ3v) is 15.1. The van der Waals surface area contributed by atoms with E-state index >= 15 is 0 Å². The van der Waals surface area contributed by atoms with E-state index in [-0.39, 0.29) is 68.2 Å². The number of aliphatic hydroxyl groups is 1. The predicted octanol–water partition coefficient (Wildman–Crippen LogP) is 18.8. The summed E-state index contributed by atoms with van der Waals surface area (Å²) in [6.45, 7) is -12.5. The van der Waals surface area contributed by atoms with Gasteiger partial charge in [-0.2, -0.15) is 32.1 Å². The Kier molecular flexibility index (Phi) is 21.5. The van der Waals surface area contributed by atoms with Crippen molar-refractivity contribution in [3.05, 3.63) is 290 Å². The van der Waals surface area contributed by atoms with E-state index in [1.54, 1.807) is 48.8 Å². The van der Waals surface area contributed by atoms with Crippen molar-refractivity contribution in [2.24, 2.45) is 0 Å². The summed E-state index contributed by atoms with van der Waals surface area (Å²) in [6, 6.07) is 81.1. The molecule has 0 saturated carbocycles. The molecule has 0 aliphatic carbocycles. The molecule has 0 saturated heterocycles. The molecule has 0 bridgehead atoms. The van der Waals surface area contributed by atoms with Gasteiger partial charge in [-0.1, -0.05) is 153 Å². The zero-order chi connectivity index (χ0) is 79.3. The summed E-state index contributed by atoms with van der Waals surface area (Å²) in [7, 11) is -3.89. The van der Waals surface area contributed by atoms with Crippen molar-refractivity contribution in [3.63, 3.8) is 0 Å². The van der Waals surface area contributed by atoms with Gasteiger partial charge in [-0.3, -0.25) is 9.17 Å². The van der Waals surface area contributed by atoms with Crippen molar-refractivity contribution >= 4 is 54.0 Å². The van der Waals surface area contributed by atoms with Crippen LogP contribution in [0.1, 0.15) is 80.6 Å². The zero-order valence-corrected chi connectivity index (χ0v) is 57.2. The first-order valence-corrected chi connectivity index (χ1v) is 29.9. The van der Waals surface area contributed by atoms with Crippen molar-refractivity contribution in [1.82, 2.24) is 19.9 Å². The zero-order valence-electron chi connectivity index (χ0n) is 65.6. The molecule has 0 atom stereocenters. The fraction of sp³-hybridized carbons (Fsp3) is 0.114. The molecule has 14 rings (SSSR count). The number of nitriles is 2. The van der Waals surface area contributed by atoms with Crippen molar-refractivity contribution in [2.45, 2.75) is 44.7 Å². The quantitative estimate of drug-likeness (QED) is 0.0810. The van der Waals surface area contributed by atoms with Crippen LogP contribution in [0.2, 0.25) is 0 Å². The van der Waals surface area contributed by atoms with Crippen LogP contribution in [-0.4, -0.2) is 58.7 Å². The van der Waals surface area contributed by atoms with Crippen LogP contribution >= 0.6 is 0 Å². The number of aromatic nitrogens is 4. The number of hydrogen-bond acceptors (Lipinski definition) is 12. The van der Waals surface area contributed by atoms with Gasteiger partial charge in [0.2, 0.25) is 0 Å². The Balaban J connectivity index is 0.000000241. The number of rotatable bonds is 9. The second-order valence-corrected chi connectivity index (χ2v) is 21.5. The number of benzene rings is 8. The molecule has 13 nitrogen and oxygen atoms in total. The van der Waals surface area contributed by atoms with Gasteiger partial charge in [0.25, 0.3) is 0 Å². The van der Waals surface area contributed by atoms with Crippen molar-refractivity contribution < 1.29 is 105 Å². The maximum Gasteiger partial charge on any atom is 0.523 e. The minimum Gasteiger partial charge on any atom is -0.500 e. The number of para-hydroxylation sites is 1. The van der Waals surface area contributed by atoms with Gasteiger partial charge >= 0.3 is 15.6 Å². The van der Waals surface area contributed by atoms with E-state index in [1.165, 1.54) is 36.7 Å². The van der Waals surface area contributed by atoms with Gasteiger partial charge in [-0.05, 0) is 100 Å². The molecular formula is C79H64F3Ir2N6O7S-3. The number of halogens is 3. The summed E-state index contributed by atoms with van der Waals surface area (Å²) in [5.41, 5.74) is 5.36. The molecule has 0 unspecified atom stereocenters. The van der Waals surface area contributed by atoms with Crippen LogP contribution in [0.3, 0.4) is 0 Å². The minimum atomic E-state index is -5.34. The van der Waals surface area contributed by atoms with Crippen LogP contribution in [0.5, 0.6) is 0 Å². The smallest absolute Gasteiger partial charge is 0.500 e. The number of fused-ring (bicyclic) bond motifs is 6. The van der Waals surface area contributed by atoms with Gasteiger partial charge in [0.1, 0.15) is 16.7 Å². The molecule has 0 aliphatic heterocycles. The van der Waals surface area contributed by atoms with E-state index in [0.29, 0.717) is 62.8 Å². The summed E-state index contributed by atoms with van der Waals surface area (Å²) in [4.78, 5) is 17.1. The standard InChI is InChI=1S/C27H20N2O.C27H19N2O.2C11H8N.C2H3F3O3S.CH4O.2Ir.H2O/c2*1-17(2)19-13-14-29-24(15-19)23-10-6-9-21-22-12-11-20(16-28)25(27(22)30-26(21)23)18-7-4-3-5-8-18;2*1-2-6-10(7-3-1)11-8-4-5-9-12-11;1-8-9(6,7)2(3,4)5;1-2;;;/h3-15,17H,1-2H3;3-9,11-15,17H,1-2H3;2*1-6,8-9H;1H3;2H,1H3;;;1H2/q;3*-1;;;;;/i2*1D3,2D3,17D;;;;;;;.